The lowest BCUT2D eigenvalue weighted by molar-refractivity contribution is -0.121. The van der Waals surface area contributed by atoms with E-state index < -0.39 is 0 Å². The fraction of sp³-hybridized carbons (Fsp3) is 0.889. The molecule has 0 bridgehead atoms. The van der Waals surface area contributed by atoms with Crippen molar-refractivity contribution >= 4 is 26.5 Å². The van der Waals surface area contributed by atoms with E-state index in [1.54, 1.807) is 0 Å². The van der Waals surface area contributed by atoms with E-state index in [2.05, 4.69) is 12.2 Å². The molecule has 0 fully saturated rings. The van der Waals surface area contributed by atoms with Crippen LogP contribution in [-0.4, -0.2) is 24.5 Å². The van der Waals surface area contributed by atoms with Crippen molar-refractivity contribution in [1.82, 2.24) is 5.32 Å². The zero-order chi connectivity index (χ0) is 10.1. The predicted molar refractivity (Wildman–Crippen MR) is 62.7 cm³/mol. The first-order chi connectivity index (χ1) is 6.16. The van der Waals surface area contributed by atoms with Crippen molar-refractivity contribution in [1.29, 1.82) is 0 Å². The van der Waals surface area contributed by atoms with Gasteiger partial charge in [-0.25, -0.2) is 0 Å². The van der Waals surface area contributed by atoms with E-state index in [0.717, 1.165) is 31.6 Å². The lowest BCUT2D eigenvalue weighted by Gasteiger charge is -2.03. The van der Waals surface area contributed by atoms with Crippen LogP contribution in [0.2, 0.25) is 0 Å². The average molecular weight is 221 g/mol. The molecule has 0 aliphatic rings. The van der Waals surface area contributed by atoms with Crippen LogP contribution in [0.3, 0.4) is 0 Å². The van der Waals surface area contributed by atoms with Gasteiger partial charge in [-0.2, -0.15) is 0 Å². The maximum absolute atomic E-state index is 11.1. The van der Waals surface area contributed by atoms with E-state index in [4.69, 9.17) is 11.2 Å². The smallest absolute Gasteiger partial charge is 0.219 e. The molecule has 13 heavy (non-hydrogen) atoms. The van der Waals surface area contributed by atoms with Crippen molar-refractivity contribution in [3.63, 3.8) is 0 Å². The molecule has 1 N–H and O–H groups in total. The lowest BCUT2D eigenvalue weighted by atomic mass is 10.2. The molecule has 78 valence electrons. The number of nitrogens with one attached hydrogen (secondary N) is 1. The topological polar surface area (TPSA) is 29.1 Å². The minimum atomic E-state index is 0.0964. The van der Waals surface area contributed by atoms with Gasteiger partial charge in [-0.3, -0.25) is 4.79 Å². The van der Waals surface area contributed by atoms with E-state index >= 15 is 0 Å². The van der Waals surface area contributed by atoms with Crippen molar-refractivity contribution in [3.8, 4) is 0 Å². The third kappa shape index (κ3) is 9.96. The van der Waals surface area contributed by atoms with Crippen molar-refractivity contribution in [2.24, 2.45) is 0 Å². The highest BCUT2D eigenvalue weighted by atomic mass is 32.8. The van der Waals surface area contributed by atoms with Gasteiger partial charge in [0, 0.05) is 13.0 Å². The third-order valence-corrected chi connectivity index (χ3v) is 3.05. The Morgan fingerprint density at radius 2 is 2.15 bits per heavy atom. The van der Waals surface area contributed by atoms with Crippen LogP contribution in [0, 0.1) is 0 Å². The van der Waals surface area contributed by atoms with Gasteiger partial charge in [-0.05, 0) is 24.9 Å². The van der Waals surface area contributed by atoms with Crippen molar-refractivity contribution < 1.29 is 4.79 Å². The first-order valence-corrected chi connectivity index (χ1v) is 7.46. The van der Waals surface area contributed by atoms with Crippen molar-refractivity contribution in [2.75, 3.05) is 18.6 Å². The number of carbonyl (C=O) groups is 1. The molecule has 2 nitrogen and oxygen atoms in total. The number of hydrogen-bond acceptors (Lipinski definition) is 2. The van der Waals surface area contributed by atoms with Crippen LogP contribution in [0.4, 0.5) is 0 Å². The van der Waals surface area contributed by atoms with Crippen LogP contribution in [0.1, 0.15) is 32.6 Å². The van der Waals surface area contributed by atoms with Gasteiger partial charge in [0.1, 0.15) is 0 Å². The lowest BCUT2D eigenvalue weighted by Crippen LogP contribution is -2.24. The standard InChI is InChI=1S/C9H19NOS2/c1-3-4-6-9(11)10-7-5-8-13(2)12/h3-8H2,1-2H3,(H,10,11). The Morgan fingerprint density at radius 3 is 2.69 bits per heavy atom. The molecule has 0 aromatic heterocycles. The van der Waals surface area contributed by atoms with E-state index in [0.29, 0.717) is 6.42 Å². The predicted octanol–water partition coefficient (Wildman–Crippen LogP) is 1.39. The number of hydrogen-bond donors (Lipinski definition) is 1. The Bertz CT molecular complexity index is 171. The number of unbranched alkanes of at least 4 members (excludes halogenated alkanes) is 1. The van der Waals surface area contributed by atoms with Crippen LogP contribution in [0.5, 0.6) is 0 Å². The molecule has 0 aromatic carbocycles. The summed E-state index contributed by atoms with van der Waals surface area (Å²) in [5.41, 5.74) is 0. The monoisotopic (exact) mass is 221 g/mol. The molecule has 0 aromatic rings. The first kappa shape index (κ1) is 13.0. The SMILES string of the molecule is CCCCC(=O)NCCCS(C)=S. The fourth-order valence-corrected chi connectivity index (χ4v) is 1.83. The molecule has 0 saturated heterocycles. The van der Waals surface area contributed by atoms with Gasteiger partial charge in [-0.1, -0.05) is 24.5 Å². The Morgan fingerprint density at radius 1 is 1.46 bits per heavy atom. The van der Waals surface area contributed by atoms with Gasteiger partial charge >= 0.3 is 0 Å². The quantitative estimate of drug-likeness (QED) is 0.658. The Kier molecular flexibility index (Phi) is 8.66. The summed E-state index contributed by atoms with van der Waals surface area (Å²) in [7, 11) is 0.0964. The maximum Gasteiger partial charge on any atom is 0.219 e. The zero-order valence-corrected chi connectivity index (χ0v) is 10.1. The second-order valence-electron chi connectivity index (χ2n) is 3.08. The highest BCUT2D eigenvalue weighted by Gasteiger charge is 1.98. The van der Waals surface area contributed by atoms with Crippen LogP contribution in [0.25, 0.3) is 0 Å². The fourth-order valence-electron chi connectivity index (χ4n) is 0.929. The minimum Gasteiger partial charge on any atom is -0.356 e. The largest absolute Gasteiger partial charge is 0.356 e. The molecule has 0 rings (SSSR count). The van der Waals surface area contributed by atoms with Crippen LogP contribution >= 0.6 is 0 Å². The summed E-state index contributed by atoms with van der Waals surface area (Å²) in [6, 6.07) is 0. The Balaban J connectivity index is 3.22. The van der Waals surface area contributed by atoms with E-state index in [-0.39, 0.29) is 15.4 Å². The van der Waals surface area contributed by atoms with Gasteiger partial charge in [0.25, 0.3) is 0 Å². The number of amides is 1. The van der Waals surface area contributed by atoms with Crippen LogP contribution in [0.15, 0.2) is 0 Å². The summed E-state index contributed by atoms with van der Waals surface area (Å²) < 4.78 is 0. The van der Waals surface area contributed by atoms with Gasteiger partial charge in [0.2, 0.25) is 5.91 Å². The van der Waals surface area contributed by atoms with Gasteiger partial charge in [0.15, 0.2) is 0 Å². The third-order valence-electron chi connectivity index (χ3n) is 1.69. The maximum atomic E-state index is 11.1. The Labute approximate surface area is 88.1 Å². The normalized spacial score (nSPS) is 12.5. The second-order valence-corrected chi connectivity index (χ2v) is 6.35. The summed E-state index contributed by atoms with van der Waals surface area (Å²) in [4.78, 5) is 11.1. The highest BCUT2D eigenvalue weighted by Crippen LogP contribution is 1.93. The molecule has 0 radical (unpaired) electrons. The van der Waals surface area contributed by atoms with E-state index in [9.17, 15) is 4.79 Å². The molecule has 1 atom stereocenters. The molecule has 0 heterocycles. The van der Waals surface area contributed by atoms with E-state index in [1.165, 1.54) is 0 Å². The number of rotatable bonds is 7. The molecular weight excluding hydrogens is 202 g/mol. The van der Waals surface area contributed by atoms with Crippen LogP contribution in [-0.2, 0) is 25.4 Å². The molecule has 0 saturated carbocycles. The molecule has 0 aliphatic heterocycles. The molecular formula is C9H19NOS2. The summed E-state index contributed by atoms with van der Waals surface area (Å²) in [5.74, 6) is 1.23. The van der Waals surface area contributed by atoms with Gasteiger partial charge in [-0.15, -0.1) is 9.45 Å². The summed E-state index contributed by atoms with van der Waals surface area (Å²) in [5, 5.41) is 2.89. The first-order valence-electron chi connectivity index (χ1n) is 4.73. The molecule has 1 amide bonds. The molecule has 1 unspecified atom stereocenters. The van der Waals surface area contributed by atoms with E-state index in [1.807, 2.05) is 6.26 Å². The summed E-state index contributed by atoms with van der Waals surface area (Å²) >= 11 is 5.04. The van der Waals surface area contributed by atoms with Gasteiger partial charge in [0.05, 0.1) is 0 Å². The molecule has 4 heteroatoms. The minimum absolute atomic E-state index is 0.0964. The van der Waals surface area contributed by atoms with Crippen molar-refractivity contribution in [2.45, 2.75) is 32.6 Å². The summed E-state index contributed by atoms with van der Waals surface area (Å²) in [6.45, 7) is 2.88. The van der Waals surface area contributed by atoms with Crippen LogP contribution < -0.4 is 5.32 Å². The number of carbonyl (C=O) groups excluding carboxylic acids is 1. The molecule has 0 spiro atoms. The van der Waals surface area contributed by atoms with Crippen molar-refractivity contribution in [3.05, 3.63) is 0 Å². The second kappa shape index (κ2) is 8.63. The molecule has 0 aliphatic carbocycles. The summed E-state index contributed by atoms with van der Waals surface area (Å²) in [6.07, 6.45) is 5.81. The average Bonchev–Trinajstić information content (AvgIpc) is 2.08. The zero-order valence-electron chi connectivity index (χ0n) is 8.47. The Hall–Kier alpha value is 0.0400. The highest BCUT2D eigenvalue weighted by molar-refractivity contribution is 8.28. The van der Waals surface area contributed by atoms with Gasteiger partial charge < -0.3 is 5.32 Å².